The van der Waals surface area contributed by atoms with Gasteiger partial charge in [0.05, 0.1) is 5.25 Å². The summed E-state index contributed by atoms with van der Waals surface area (Å²) in [6, 6.07) is 0. The van der Waals surface area contributed by atoms with Crippen molar-refractivity contribution in [3.63, 3.8) is 0 Å². The smallest absolute Gasteiger partial charge is 0.267 e. The molecular formula is C12H27NO3S. The van der Waals surface area contributed by atoms with E-state index in [9.17, 15) is 8.42 Å². The molecule has 0 saturated carbocycles. The Hall–Kier alpha value is -0.130. The van der Waals surface area contributed by atoms with E-state index in [0.717, 1.165) is 38.9 Å². The molecule has 0 aliphatic heterocycles. The van der Waals surface area contributed by atoms with E-state index in [2.05, 4.69) is 18.7 Å². The molecular weight excluding hydrogens is 238 g/mol. The molecule has 1 atom stereocenters. The van der Waals surface area contributed by atoms with Crippen LogP contribution in [0.2, 0.25) is 0 Å². The highest BCUT2D eigenvalue weighted by Gasteiger charge is 2.22. The van der Waals surface area contributed by atoms with Gasteiger partial charge in [-0.1, -0.05) is 27.2 Å². The van der Waals surface area contributed by atoms with Crippen molar-refractivity contribution in [3.05, 3.63) is 0 Å². The average molecular weight is 265 g/mol. The second-order valence-electron chi connectivity index (χ2n) is 4.56. The fraction of sp³-hybridized carbons (Fsp3) is 1.00. The summed E-state index contributed by atoms with van der Waals surface area (Å²) < 4.78 is 31.5. The molecule has 0 aliphatic carbocycles. The van der Waals surface area contributed by atoms with Gasteiger partial charge in [-0.05, 0) is 45.3 Å². The standard InChI is InChI=1S/C12H27NO3S/c1-4-7-12(17(14,15)16)8-11-13(9-5-2)10-6-3/h12H,4-11H2,1-3H3,(H,14,15,16). The molecule has 0 aromatic rings. The lowest BCUT2D eigenvalue weighted by Gasteiger charge is -2.23. The van der Waals surface area contributed by atoms with E-state index >= 15 is 0 Å². The molecule has 0 aromatic heterocycles. The van der Waals surface area contributed by atoms with Crippen molar-refractivity contribution < 1.29 is 13.0 Å². The van der Waals surface area contributed by atoms with Crippen molar-refractivity contribution in [3.8, 4) is 0 Å². The first kappa shape index (κ1) is 16.9. The third kappa shape index (κ3) is 7.73. The largest absolute Gasteiger partial charge is 0.303 e. The lowest BCUT2D eigenvalue weighted by atomic mass is 10.2. The Morgan fingerprint density at radius 1 is 0.941 bits per heavy atom. The summed E-state index contributed by atoms with van der Waals surface area (Å²) in [5.41, 5.74) is 0. The van der Waals surface area contributed by atoms with Gasteiger partial charge >= 0.3 is 0 Å². The van der Waals surface area contributed by atoms with Crippen LogP contribution in [0.5, 0.6) is 0 Å². The van der Waals surface area contributed by atoms with Gasteiger partial charge in [0, 0.05) is 0 Å². The van der Waals surface area contributed by atoms with E-state index in [1.807, 2.05) is 6.92 Å². The molecule has 0 rings (SSSR count). The van der Waals surface area contributed by atoms with E-state index in [-0.39, 0.29) is 0 Å². The summed E-state index contributed by atoms with van der Waals surface area (Å²) in [7, 11) is -3.88. The Bertz CT molecular complexity index is 271. The van der Waals surface area contributed by atoms with Crippen molar-refractivity contribution in [1.82, 2.24) is 4.90 Å². The molecule has 0 spiro atoms. The van der Waals surface area contributed by atoms with Crippen LogP contribution in [0, 0.1) is 0 Å². The Morgan fingerprint density at radius 2 is 1.47 bits per heavy atom. The minimum Gasteiger partial charge on any atom is -0.303 e. The topological polar surface area (TPSA) is 57.6 Å². The van der Waals surface area contributed by atoms with Crippen LogP contribution in [0.1, 0.15) is 52.9 Å². The second kappa shape index (κ2) is 8.89. The van der Waals surface area contributed by atoms with Gasteiger partial charge < -0.3 is 4.90 Å². The molecule has 1 N–H and O–H groups in total. The molecule has 0 amide bonds. The minimum absolute atomic E-state index is 0.534. The Kier molecular flexibility index (Phi) is 8.82. The summed E-state index contributed by atoms with van der Waals surface area (Å²) in [5.74, 6) is 0. The van der Waals surface area contributed by atoms with Crippen LogP contribution in [0.25, 0.3) is 0 Å². The van der Waals surface area contributed by atoms with E-state index in [0.29, 0.717) is 12.8 Å². The number of hydrogen-bond acceptors (Lipinski definition) is 3. The zero-order valence-electron chi connectivity index (χ0n) is 11.4. The zero-order chi connectivity index (χ0) is 13.3. The Balaban J connectivity index is 4.26. The zero-order valence-corrected chi connectivity index (χ0v) is 12.2. The highest BCUT2D eigenvalue weighted by Crippen LogP contribution is 2.12. The van der Waals surface area contributed by atoms with Gasteiger partial charge in [0.2, 0.25) is 0 Å². The molecule has 0 fully saturated rings. The summed E-state index contributed by atoms with van der Waals surface area (Å²) in [4.78, 5) is 2.27. The molecule has 0 aromatic carbocycles. The molecule has 1 unspecified atom stereocenters. The first-order valence-corrected chi connectivity index (χ1v) is 8.14. The van der Waals surface area contributed by atoms with Crippen molar-refractivity contribution in [2.75, 3.05) is 19.6 Å². The van der Waals surface area contributed by atoms with E-state index < -0.39 is 15.4 Å². The molecule has 0 radical (unpaired) electrons. The second-order valence-corrected chi connectivity index (χ2v) is 6.25. The van der Waals surface area contributed by atoms with E-state index in [4.69, 9.17) is 4.55 Å². The van der Waals surface area contributed by atoms with Crippen LogP contribution < -0.4 is 0 Å². The van der Waals surface area contributed by atoms with Crippen molar-refractivity contribution in [2.45, 2.75) is 58.1 Å². The number of nitrogens with zero attached hydrogens (tertiary/aromatic N) is 1. The number of hydrogen-bond donors (Lipinski definition) is 1. The maximum Gasteiger partial charge on any atom is 0.267 e. The first-order chi connectivity index (χ1) is 7.95. The predicted octanol–water partition coefficient (Wildman–Crippen LogP) is 2.56. The van der Waals surface area contributed by atoms with E-state index in [1.165, 1.54) is 0 Å². The highest BCUT2D eigenvalue weighted by atomic mass is 32.2. The fourth-order valence-corrected chi connectivity index (χ4v) is 3.00. The van der Waals surface area contributed by atoms with Crippen molar-refractivity contribution >= 4 is 10.1 Å². The highest BCUT2D eigenvalue weighted by molar-refractivity contribution is 7.86. The van der Waals surface area contributed by atoms with Gasteiger partial charge in [0.1, 0.15) is 0 Å². The first-order valence-electron chi connectivity index (χ1n) is 6.64. The molecule has 0 bridgehead atoms. The summed E-state index contributed by atoms with van der Waals surface area (Å²) >= 11 is 0. The van der Waals surface area contributed by atoms with Gasteiger partial charge in [0.15, 0.2) is 0 Å². The maximum atomic E-state index is 11.2. The quantitative estimate of drug-likeness (QED) is 0.617. The molecule has 104 valence electrons. The third-order valence-corrected chi connectivity index (χ3v) is 4.19. The third-order valence-electron chi connectivity index (χ3n) is 2.88. The van der Waals surface area contributed by atoms with Crippen LogP contribution in [0.3, 0.4) is 0 Å². The summed E-state index contributed by atoms with van der Waals surface area (Å²) in [6.45, 7) is 8.93. The van der Waals surface area contributed by atoms with Crippen LogP contribution >= 0.6 is 0 Å². The van der Waals surface area contributed by atoms with E-state index in [1.54, 1.807) is 0 Å². The molecule has 17 heavy (non-hydrogen) atoms. The monoisotopic (exact) mass is 265 g/mol. The Morgan fingerprint density at radius 3 is 1.82 bits per heavy atom. The molecule has 0 aliphatic rings. The molecule has 0 saturated heterocycles. The lowest BCUT2D eigenvalue weighted by molar-refractivity contribution is 0.267. The van der Waals surface area contributed by atoms with Gasteiger partial charge in [0.25, 0.3) is 10.1 Å². The summed E-state index contributed by atoms with van der Waals surface area (Å²) in [5, 5.41) is -0.594. The van der Waals surface area contributed by atoms with Crippen LogP contribution in [-0.4, -0.2) is 42.8 Å². The summed E-state index contributed by atoms with van der Waals surface area (Å²) in [6.07, 6.45) is 4.01. The normalized spacial score (nSPS) is 14.2. The van der Waals surface area contributed by atoms with Crippen LogP contribution in [0.4, 0.5) is 0 Å². The van der Waals surface area contributed by atoms with Crippen LogP contribution in [-0.2, 0) is 10.1 Å². The van der Waals surface area contributed by atoms with Crippen LogP contribution in [0.15, 0.2) is 0 Å². The van der Waals surface area contributed by atoms with Gasteiger partial charge in [-0.2, -0.15) is 8.42 Å². The van der Waals surface area contributed by atoms with Gasteiger partial charge in [-0.3, -0.25) is 4.55 Å². The minimum atomic E-state index is -3.88. The molecule has 4 nitrogen and oxygen atoms in total. The fourth-order valence-electron chi connectivity index (χ4n) is 2.06. The van der Waals surface area contributed by atoms with Crippen molar-refractivity contribution in [1.29, 1.82) is 0 Å². The lowest BCUT2D eigenvalue weighted by Crippen LogP contribution is -2.31. The van der Waals surface area contributed by atoms with Gasteiger partial charge in [-0.25, -0.2) is 0 Å². The average Bonchev–Trinajstić information content (AvgIpc) is 2.23. The predicted molar refractivity (Wildman–Crippen MR) is 71.9 cm³/mol. The maximum absolute atomic E-state index is 11.2. The number of rotatable bonds is 10. The molecule has 5 heteroatoms. The SMILES string of the molecule is CCCC(CCN(CCC)CCC)S(=O)(=O)O. The molecule has 0 heterocycles. The van der Waals surface area contributed by atoms with Gasteiger partial charge in [-0.15, -0.1) is 0 Å². The Labute approximate surface area is 106 Å². The van der Waals surface area contributed by atoms with Crippen molar-refractivity contribution in [2.24, 2.45) is 0 Å².